The van der Waals surface area contributed by atoms with Crippen molar-refractivity contribution >= 4 is 0 Å². The van der Waals surface area contributed by atoms with Crippen LogP contribution in [0.4, 0.5) is 0 Å². The summed E-state index contributed by atoms with van der Waals surface area (Å²) in [6.45, 7) is 17.8. The maximum Gasteiger partial charge on any atom is 0.120 e. The zero-order valence-electron chi connectivity index (χ0n) is 23.1. The van der Waals surface area contributed by atoms with Crippen LogP contribution in [0.25, 0.3) is 0 Å². The first kappa shape index (κ1) is 27.0. The lowest BCUT2D eigenvalue weighted by Crippen LogP contribution is -2.22. The third-order valence-corrected chi connectivity index (χ3v) is 7.00. The first-order valence-corrected chi connectivity index (χ1v) is 13.3. The minimum atomic E-state index is -0.191. The molecule has 0 aliphatic heterocycles. The van der Waals surface area contributed by atoms with Crippen molar-refractivity contribution in [2.75, 3.05) is 0 Å². The minimum absolute atomic E-state index is 0.180. The highest BCUT2D eigenvalue weighted by Gasteiger charge is 2.23. The van der Waals surface area contributed by atoms with E-state index >= 15 is 0 Å². The highest BCUT2D eigenvalue weighted by Crippen LogP contribution is 2.39. The normalized spacial score (nSPS) is 14.9. The lowest BCUT2D eigenvalue weighted by atomic mass is 9.78. The number of pyridine rings is 1. The Morgan fingerprint density at radius 2 is 1.23 bits per heavy atom. The van der Waals surface area contributed by atoms with Crippen LogP contribution in [0, 0.1) is 0 Å². The van der Waals surface area contributed by atoms with E-state index in [1.807, 2.05) is 12.4 Å². The summed E-state index contributed by atoms with van der Waals surface area (Å²) in [7, 11) is 0. The molecule has 0 bridgehead atoms. The average Bonchev–Trinajstić information content (AvgIpc) is 2.81. The van der Waals surface area contributed by atoms with Crippen molar-refractivity contribution in [2.24, 2.45) is 0 Å². The average molecular weight is 472 g/mol. The molecule has 0 saturated heterocycles. The zero-order valence-corrected chi connectivity index (χ0v) is 23.1. The molecule has 0 saturated carbocycles. The Morgan fingerprint density at radius 1 is 0.686 bits per heavy atom. The smallest absolute Gasteiger partial charge is 0.120 e. The number of benzene rings is 2. The molecule has 188 valence electrons. The van der Waals surface area contributed by atoms with Gasteiger partial charge in [0, 0.05) is 12.4 Å². The third-order valence-electron chi connectivity index (χ3n) is 7.00. The molecule has 3 aromatic rings. The van der Waals surface area contributed by atoms with Gasteiger partial charge in [-0.15, -0.1) is 0 Å². The fraction of sp³-hybridized carbons (Fsp3) is 0.485. The predicted molar refractivity (Wildman–Crippen MR) is 150 cm³/mol. The van der Waals surface area contributed by atoms with Gasteiger partial charge in [-0.3, -0.25) is 4.98 Å². The van der Waals surface area contributed by atoms with Gasteiger partial charge in [-0.25, -0.2) is 0 Å². The second kappa shape index (κ2) is 11.4. The lowest BCUT2D eigenvalue weighted by Gasteiger charge is -2.28. The Kier molecular flexibility index (Phi) is 8.80. The summed E-state index contributed by atoms with van der Waals surface area (Å²) in [5, 5.41) is 0. The number of hydrogen-bond acceptors (Lipinski definition) is 2. The van der Waals surface area contributed by atoms with E-state index in [0.29, 0.717) is 17.8 Å². The van der Waals surface area contributed by atoms with Crippen LogP contribution in [0.2, 0.25) is 0 Å². The molecular weight excluding hydrogens is 426 g/mol. The first-order valence-electron chi connectivity index (χ1n) is 13.3. The zero-order chi connectivity index (χ0) is 25.6. The van der Waals surface area contributed by atoms with E-state index in [1.165, 1.54) is 22.3 Å². The van der Waals surface area contributed by atoms with Gasteiger partial charge in [-0.2, -0.15) is 0 Å². The molecule has 0 aliphatic carbocycles. The van der Waals surface area contributed by atoms with E-state index in [0.717, 1.165) is 25.0 Å². The largest absolute Gasteiger partial charge is 0.488 e. The fourth-order valence-electron chi connectivity index (χ4n) is 4.92. The third kappa shape index (κ3) is 7.95. The Labute approximate surface area is 214 Å². The molecule has 0 radical (unpaired) electrons. The highest BCUT2D eigenvalue weighted by molar-refractivity contribution is 5.33. The number of hydrogen-bond donors (Lipinski definition) is 0. The van der Waals surface area contributed by atoms with E-state index in [9.17, 15) is 0 Å². The monoisotopic (exact) mass is 471 g/mol. The van der Waals surface area contributed by atoms with Gasteiger partial charge < -0.3 is 4.74 Å². The Morgan fingerprint density at radius 3 is 1.74 bits per heavy atom. The summed E-state index contributed by atoms with van der Waals surface area (Å²) >= 11 is 0. The molecule has 1 heterocycles. The van der Waals surface area contributed by atoms with Gasteiger partial charge in [0.25, 0.3) is 0 Å². The molecule has 1 aromatic heterocycles. The van der Waals surface area contributed by atoms with Crippen molar-refractivity contribution < 1.29 is 4.74 Å². The van der Waals surface area contributed by atoms with E-state index in [4.69, 9.17) is 4.74 Å². The van der Waals surface area contributed by atoms with Crippen molar-refractivity contribution in [3.05, 3.63) is 95.3 Å². The summed E-state index contributed by atoms with van der Waals surface area (Å²) in [5.41, 5.74) is 5.60. The van der Waals surface area contributed by atoms with Crippen molar-refractivity contribution in [3.63, 3.8) is 0 Å². The Hall–Kier alpha value is -2.61. The highest BCUT2D eigenvalue weighted by atomic mass is 16.5. The van der Waals surface area contributed by atoms with Gasteiger partial charge >= 0.3 is 0 Å². The number of nitrogens with zero attached hydrogens (tertiary/aromatic N) is 1. The molecule has 3 unspecified atom stereocenters. The number of aromatic nitrogens is 1. The number of rotatable bonds is 9. The molecule has 0 aliphatic rings. The quantitative estimate of drug-likeness (QED) is 0.310. The van der Waals surface area contributed by atoms with Crippen molar-refractivity contribution in [1.82, 2.24) is 4.98 Å². The van der Waals surface area contributed by atoms with E-state index in [1.54, 1.807) is 0 Å². The van der Waals surface area contributed by atoms with Crippen LogP contribution in [0.15, 0.2) is 73.1 Å². The summed E-state index contributed by atoms with van der Waals surface area (Å²) in [4.78, 5) is 4.22. The molecule has 35 heavy (non-hydrogen) atoms. The van der Waals surface area contributed by atoms with Gasteiger partial charge in [0.2, 0.25) is 0 Å². The second-order valence-electron chi connectivity index (χ2n) is 12.1. The second-order valence-corrected chi connectivity index (χ2v) is 12.1. The van der Waals surface area contributed by atoms with Gasteiger partial charge in [-0.05, 0) is 110 Å². The van der Waals surface area contributed by atoms with Crippen LogP contribution in [-0.4, -0.2) is 10.6 Å². The molecule has 0 fully saturated rings. The van der Waals surface area contributed by atoms with Crippen LogP contribution in [0.3, 0.4) is 0 Å². The summed E-state index contributed by atoms with van der Waals surface area (Å²) in [5.74, 6) is 2.40. The maximum atomic E-state index is 6.09. The van der Waals surface area contributed by atoms with Crippen LogP contribution < -0.4 is 4.74 Å². The molecule has 3 rings (SSSR count). The maximum absolute atomic E-state index is 6.09. The molecule has 2 nitrogen and oxygen atoms in total. The first-order chi connectivity index (χ1) is 16.5. The van der Waals surface area contributed by atoms with Crippen molar-refractivity contribution in [2.45, 2.75) is 103 Å². The van der Waals surface area contributed by atoms with Gasteiger partial charge in [0.1, 0.15) is 11.4 Å². The number of ether oxygens (including phenoxy) is 1. The van der Waals surface area contributed by atoms with E-state index < -0.39 is 0 Å². The predicted octanol–water partition coefficient (Wildman–Crippen LogP) is 9.42. The minimum Gasteiger partial charge on any atom is -0.488 e. The molecule has 2 heteroatoms. The van der Waals surface area contributed by atoms with Crippen LogP contribution in [-0.2, 0) is 5.41 Å². The van der Waals surface area contributed by atoms with Crippen molar-refractivity contribution in [1.29, 1.82) is 0 Å². The lowest BCUT2D eigenvalue weighted by molar-refractivity contribution is 0.131. The Balaban J connectivity index is 1.86. The molecule has 3 atom stereocenters. The summed E-state index contributed by atoms with van der Waals surface area (Å²) in [6, 6.07) is 22.5. The molecular formula is C33H45NO. The van der Waals surface area contributed by atoms with Gasteiger partial charge in [0.05, 0.1) is 0 Å². The Bertz CT molecular complexity index is 1020. The van der Waals surface area contributed by atoms with Gasteiger partial charge in [0.15, 0.2) is 0 Å². The fourth-order valence-corrected chi connectivity index (χ4v) is 4.92. The molecule has 0 N–H and O–H groups in total. The topological polar surface area (TPSA) is 22.1 Å². The molecule has 2 aromatic carbocycles. The summed E-state index contributed by atoms with van der Waals surface area (Å²) < 4.78 is 6.09. The van der Waals surface area contributed by atoms with Crippen molar-refractivity contribution in [3.8, 4) is 5.75 Å². The van der Waals surface area contributed by atoms with Crippen LogP contribution in [0.1, 0.15) is 115 Å². The standard InChI is InChI=1S/C33H45NO/c1-9-25(27-10-14-30(15-11-27)32(3,4)5)23-29(22-24(2)26-18-20-34-21-19-26)28-12-16-31(17-13-28)35-33(6,7)8/h10-21,24-25,29H,9,22-23H2,1-8H3. The molecule has 0 spiro atoms. The summed E-state index contributed by atoms with van der Waals surface area (Å²) in [6.07, 6.45) is 7.21. The van der Waals surface area contributed by atoms with E-state index in [2.05, 4.69) is 121 Å². The van der Waals surface area contributed by atoms with E-state index in [-0.39, 0.29) is 11.0 Å². The molecule has 0 amide bonds. The van der Waals surface area contributed by atoms with Crippen LogP contribution >= 0.6 is 0 Å². The van der Waals surface area contributed by atoms with Gasteiger partial charge in [-0.1, -0.05) is 71.0 Å². The van der Waals surface area contributed by atoms with Crippen LogP contribution in [0.5, 0.6) is 5.75 Å². The SMILES string of the molecule is CCC(CC(CC(C)c1ccncc1)c1ccc(OC(C)(C)C)cc1)c1ccc(C(C)(C)C)cc1.